The molecule has 1 fully saturated rings. The molecule has 0 aliphatic heterocycles. The second kappa shape index (κ2) is 5.87. The number of hydrogen-bond acceptors (Lipinski definition) is 4. The van der Waals surface area contributed by atoms with E-state index in [1.165, 1.54) is 19.3 Å². The van der Waals surface area contributed by atoms with E-state index in [2.05, 4.69) is 13.8 Å². The molecule has 0 atom stereocenters. The summed E-state index contributed by atoms with van der Waals surface area (Å²) in [7, 11) is 1.83. The van der Waals surface area contributed by atoms with E-state index in [0.29, 0.717) is 5.92 Å². The van der Waals surface area contributed by atoms with Crippen LogP contribution in [0, 0.1) is 5.92 Å². The van der Waals surface area contributed by atoms with Crippen molar-refractivity contribution in [1.82, 2.24) is 0 Å². The number of hydrogen-bond donors (Lipinski definition) is 1. The summed E-state index contributed by atoms with van der Waals surface area (Å²) in [5.74, 6) is 0.293. The third-order valence-corrected chi connectivity index (χ3v) is 4.16. The highest BCUT2D eigenvalue weighted by molar-refractivity contribution is 5.40. The summed E-state index contributed by atoms with van der Waals surface area (Å²) in [5.41, 5.74) is -0.749. The summed E-state index contributed by atoms with van der Waals surface area (Å²) in [6, 6.07) is 0. The summed E-state index contributed by atoms with van der Waals surface area (Å²) in [4.78, 5) is 21.1. The van der Waals surface area contributed by atoms with E-state index in [1.54, 1.807) is 13.8 Å². The van der Waals surface area contributed by atoms with Gasteiger partial charge in [-0.3, -0.25) is 9.59 Å². The Labute approximate surface area is 114 Å². The molecule has 0 bridgehead atoms. The molecule has 0 unspecified atom stereocenters. The fourth-order valence-electron chi connectivity index (χ4n) is 2.48. The van der Waals surface area contributed by atoms with Gasteiger partial charge in [-0.2, -0.15) is 0 Å². The highest BCUT2D eigenvalue weighted by Gasteiger charge is 2.39. The van der Waals surface area contributed by atoms with Crippen molar-refractivity contribution in [2.45, 2.75) is 58.5 Å². The standard InChI is InChI=1S/C8H16O.C7H8O3/c1-7(2)8(9-3)5-4-6-8;1-3(2)4-5(8)7(10)6(4)9/h7H,4-6H2,1-3H3;3,8H,1-2H3. The first-order valence-corrected chi connectivity index (χ1v) is 6.84. The zero-order valence-corrected chi connectivity index (χ0v) is 12.4. The molecule has 0 heterocycles. The van der Waals surface area contributed by atoms with E-state index < -0.39 is 10.9 Å². The van der Waals surface area contributed by atoms with Gasteiger partial charge in [-0.1, -0.05) is 27.7 Å². The maximum atomic E-state index is 10.6. The quantitative estimate of drug-likeness (QED) is 0.854. The van der Waals surface area contributed by atoms with E-state index in [1.807, 2.05) is 7.11 Å². The highest BCUT2D eigenvalue weighted by Crippen LogP contribution is 2.40. The zero-order valence-electron chi connectivity index (χ0n) is 12.4. The van der Waals surface area contributed by atoms with E-state index in [-0.39, 0.29) is 22.8 Å². The van der Waals surface area contributed by atoms with Crippen LogP contribution in [0.1, 0.15) is 58.4 Å². The Balaban J connectivity index is 0.000000191. The minimum Gasteiger partial charge on any atom is -0.504 e. The molecule has 0 spiro atoms. The minimum atomic E-state index is -0.747. The van der Waals surface area contributed by atoms with E-state index in [9.17, 15) is 9.59 Å². The first-order valence-electron chi connectivity index (χ1n) is 6.84. The van der Waals surface area contributed by atoms with Gasteiger partial charge in [-0.05, 0) is 31.1 Å². The van der Waals surface area contributed by atoms with Gasteiger partial charge in [-0.15, -0.1) is 0 Å². The van der Waals surface area contributed by atoms with Crippen LogP contribution in [0.25, 0.3) is 0 Å². The van der Waals surface area contributed by atoms with Gasteiger partial charge in [0.2, 0.25) is 5.43 Å². The normalized spacial score (nSPS) is 17.2. The Kier molecular flexibility index (Phi) is 4.91. The molecule has 0 radical (unpaired) electrons. The van der Waals surface area contributed by atoms with E-state index in [4.69, 9.17) is 9.84 Å². The Morgan fingerprint density at radius 2 is 1.63 bits per heavy atom. The maximum absolute atomic E-state index is 10.6. The molecule has 1 aromatic carbocycles. The van der Waals surface area contributed by atoms with Gasteiger partial charge < -0.3 is 9.84 Å². The van der Waals surface area contributed by atoms with Crippen LogP contribution in [0.5, 0.6) is 5.75 Å². The van der Waals surface area contributed by atoms with Gasteiger partial charge >= 0.3 is 0 Å². The van der Waals surface area contributed by atoms with Crippen LogP contribution in [-0.4, -0.2) is 17.8 Å². The summed E-state index contributed by atoms with van der Waals surface area (Å²) in [5, 5.41) is 8.83. The van der Waals surface area contributed by atoms with Crippen LogP contribution in [0.2, 0.25) is 0 Å². The van der Waals surface area contributed by atoms with Gasteiger partial charge in [0.25, 0.3) is 5.43 Å². The van der Waals surface area contributed by atoms with Gasteiger partial charge in [0.05, 0.1) is 11.2 Å². The highest BCUT2D eigenvalue weighted by atomic mass is 16.5. The first kappa shape index (κ1) is 15.9. The summed E-state index contributed by atoms with van der Waals surface area (Å²) < 4.78 is 5.44. The molecule has 1 aliphatic carbocycles. The summed E-state index contributed by atoms with van der Waals surface area (Å²) >= 11 is 0. The fraction of sp³-hybridized carbons (Fsp3) is 0.733. The van der Waals surface area contributed by atoms with Gasteiger partial charge in [0.1, 0.15) is 0 Å². The molecule has 108 valence electrons. The van der Waals surface area contributed by atoms with Gasteiger partial charge in [0, 0.05) is 7.11 Å². The topological polar surface area (TPSA) is 63.6 Å². The summed E-state index contributed by atoms with van der Waals surface area (Å²) in [6.45, 7) is 8.00. The molecule has 19 heavy (non-hydrogen) atoms. The second-order valence-corrected chi connectivity index (χ2v) is 5.85. The van der Waals surface area contributed by atoms with Crippen molar-refractivity contribution in [2.24, 2.45) is 5.92 Å². The lowest BCUT2D eigenvalue weighted by Gasteiger charge is -2.44. The predicted octanol–water partition coefficient (Wildman–Crippen LogP) is 2.32. The molecule has 1 saturated carbocycles. The molecular formula is C15H24O4. The zero-order chi connectivity index (χ0) is 14.8. The lowest BCUT2D eigenvalue weighted by atomic mass is 9.72. The minimum absolute atomic E-state index is 0.0507. The number of rotatable bonds is 3. The van der Waals surface area contributed by atoms with Gasteiger partial charge in [-0.25, -0.2) is 0 Å². The lowest BCUT2D eigenvalue weighted by Crippen LogP contribution is -2.43. The Morgan fingerprint density at radius 1 is 1.11 bits per heavy atom. The Morgan fingerprint density at radius 3 is 1.74 bits per heavy atom. The molecule has 1 N–H and O–H groups in total. The van der Waals surface area contributed by atoms with Crippen molar-refractivity contribution in [3.63, 3.8) is 0 Å². The molecule has 4 heteroatoms. The number of methoxy groups -OCH3 is 1. The molecule has 0 aromatic heterocycles. The maximum Gasteiger partial charge on any atom is 0.267 e. The molecule has 0 saturated heterocycles. The number of ether oxygens (including phenoxy) is 1. The largest absolute Gasteiger partial charge is 0.504 e. The SMILES string of the molecule is CC(C)c1c(O)c(=O)c1=O.COC1(C(C)C)CCC1. The van der Waals surface area contributed by atoms with Crippen molar-refractivity contribution in [3.8, 4) is 5.75 Å². The van der Waals surface area contributed by atoms with Crippen LogP contribution >= 0.6 is 0 Å². The average Bonchev–Trinajstić information content (AvgIpc) is 2.28. The summed E-state index contributed by atoms with van der Waals surface area (Å²) in [6.07, 6.45) is 3.88. The molecule has 2 rings (SSSR count). The molecule has 4 nitrogen and oxygen atoms in total. The fourth-order valence-corrected chi connectivity index (χ4v) is 2.48. The van der Waals surface area contributed by atoms with Crippen LogP contribution in [0.4, 0.5) is 0 Å². The Hall–Kier alpha value is -1.16. The van der Waals surface area contributed by atoms with Crippen LogP contribution in [-0.2, 0) is 4.74 Å². The molecule has 0 amide bonds. The smallest absolute Gasteiger partial charge is 0.267 e. The second-order valence-electron chi connectivity index (χ2n) is 5.85. The van der Waals surface area contributed by atoms with E-state index in [0.717, 1.165) is 0 Å². The van der Waals surface area contributed by atoms with Crippen molar-refractivity contribution in [3.05, 3.63) is 26.0 Å². The third-order valence-electron chi connectivity index (χ3n) is 4.16. The predicted molar refractivity (Wildman–Crippen MR) is 75.5 cm³/mol. The monoisotopic (exact) mass is 268 g/mol. The van der Waals surface area contributed by atoms with Gasteiger partial charge in [0.15, 0.2) is 5.75 Å². The van der Waals surface area contributed by atoms with Crippen molar-refractivity contribution in [1.29, 1.82) is 0 Å². The van der Waals surface area contributed by atoms with Crippen molar-refractivity contribution >= 4 is 0 Å². The molecule has 1 aromatic rings. The van der Waals surface area contributed by atoms with Crippen LogP contribution < -0.4 is 10.9 Å². The Bertz CT molecular complexity index is 483. The lowest BCUT2D eigenvalue weighted by molar-refractivity contribution is -0.105. The first-order chi connectivity index (χ1) is 8.76. The molecule has 1 aliphatic rings. The van der Waals surface area contributed by atoms with Crippen LogP contribution in [0.15, 0.2) is 9.59 Å². The molecular weight excluding hydrogens is 244 g/mol. The van der Waals surface area contributed by atoms with E-state index >= 15 is 0 Å². The van der Waals surface area contributed by atoms with Crippen LogP contribution in [0.3, 0.4) is 0 Å². The average molecular weight is 268 g/mol. The third kappa shape index (κ3) is 2.89. The van der Waals surface area contributed by atoms with Crippen molar-refractivity contribution in [2.75, 3.05) is 7.11 Å². The number of aromatic hydroxyl groups is 1. The van der Waals surface area contributed by atoms with Crippen molar-refractivity contribution < 1.29 is 9.84 Å².